The van der Waals surface area contributed by atoms with Gasteiger partial charge in [0.05, 0.1) is 21.6 Å². The summed E-state index contributed by atoms with van der Waals surface area (Å²) in [4.78, 5) is 16.4. The van der Waals surface area contributed by atoms with Crippen LogP contribution in [0.25, 0.3) is 0 Å². The van der Waals surface area contributed by atoms with E-state index in [2.05, 4.69) is 15.0 Å². The number of nitrogens with zero attached hydrogens (tertiary/aromatic N) is 1. The van der Waals surface area contributed by atoms with E-state index in [0.717, 1.165) is 5.01 Å². The highest BCUT2D eigenvalue weighted by atomic mass is 32.2. The van der Waals surface area contributed by atoms with E-state index in [-0.39, 0.29) is 16.4 Å². The minimum atomic E-state index is -3.76. The maximum atomic E-state index is 12.6. The normalized spacial score (nSPS) is 12.8. The van der Waals surface area contributed by atoms with E-state index >= 15 is 0 Å². The predicted molar refractivity (Wildman–Crippen MR) is 98.0 cm³/mol. The lowest BCUT2D eigenvalue weighted by Gasteiger charge is -2.13. The van der Waals surface area contributed by atoms with Gasteiger partial charge in [-0.15, -0.1) is 11.3 Å². The summed E-state index contributed by atoms with van der Waals surface area (Å²) in [6.07, 6.45) is 0.663. The third-order valence-corrected chi connectivity index (χ3v) is 5.82. The number of hydrogen-bond acceptors (Lipinski definition) is 6. The molecule has 2 rings (SSSR count). The molecular weight excluding hydrogens is 360 g/mol. The third kappa shape index (κ3) is 5.33. The van der Waals surface area contributed by atoms with E-state index in [9.17, 15) is 13.2 Å². The van der Waals surface area contributed by atoms with Crippen LogP contribution >= 0.6 is 11.3 Å². The van der Waals surface area contributed by atoms with Gasteiger partial charge in [-0.3, -0.25) is 4.79 Å². The van der Waals surface area contributed by atoms with Gasteiger partial charge in [0.1, 0.15) is 0 Å². The fourth-order valence-corrected chi connectivity index (χ4v) is 4.12. The molecule has 0 fully saturated rings. The van der Waals surface area contributed by atoms with Gasteiger partial charge >= 0.3 is 0 Å². The summed E-state index contributed by atoms with van der Waals surface area (Å²) in [5.74, 6) is -0.325. The largest absolute Gasteiger partial charge is 0.352 e. The maximum absolute atomic E-state index is 12.6. The van der Waals surface area contributed by atoms with Crippen LogP contribution in [0.4, 0.5) is 0 Å². The summed E-state index contributed by atoms with van der Waals surface area (Å²) in [6.45, 7) is 4.52. The van der Waals surface area contributed by atoms with E-state index in [4.69, 9.17) is 5.73 Å². The van der Waals surface area contributed by atoms with Gasteiger partial charge in [-0.2, -0.15) is 0 Å². The summed E-state index contributed by atoms with van der Waals surface area (Å²) in [5.41, 5.74) is 6.34. The molecule has 1 aromatic heterocycles. The number of hydrogen-bond donors (Lipinski definition) is 3. The number of carbonyl (C=O) groups is 1. The molecule has 1 atom stereocenters. The van der Waals surface area contributed by atoms with Crippen molar-refractivity contribution in [3.05, 3.63) is 45.9 Å². The molecule has 0 unspecified atom stereocenters. The van der Waals surface area contributed by atoms with Crippen molar-refractivity contribution in [1.82, 2.24) is 15.0 Å². The molecule has 0 saturated carbocycles. The highest BCUT2D eigenvalue weighted by Gasteiger charge is 2.21. The number of nitrogens with one attached hydrogen (secondary N) is 2. The zero-order valence-corrected chi connectivity index (χ0v) is 15.8. The van der Waals surface area contributed by atoms with Crippen LogP contribution in [0.1, 0.15) is 40.4 Å². The molecule has 0 aliphatic rings. The molecule has 7 nitrogen and oxygen atoms in total. The van der Waals surface area contributed by atoms with Crippen LogP contribution in [0, 0.1) is 6.92 Å². The van der Waals surface area contributed by atoms with Crippen molar-refractivity contribution in [2.24, 2.45) is 5.73 Å². The van der Waals surface area contributed by atoms with Crippen LogP contribution in [0.2, 0.25) is 0 Å². The van der Waals surface area contributed by atoms with Gasteiger partial charge in [-0.1, -0.05) is 6.07 Å². The van der Waals surface area contributed by atoms with Crippen molar-refractivity contribution in [3.63, 3.8) is 0 Å². The lowest BCUT2D eigenvalue weighted by molar-refractivity contribution is 0.0953. The van der Waals surface area contributed by atoms with E-state index in [1.807, 2.05) is 12.3 Å². The Morgan fingerprint density at radius 2 is 2.16 bits per heavy atom. The number of aryl methyl sites for hydroxylation is 1. The standard InChI is InChI=1S/C16H22N4O3S2/c1-11(15-10-24-12(2)19-15)20-25(22,23)14-6-3-5-13(9-14)16(21)18-8-4-7-17/h3,5-6,9-11,20H,4,7-8,17H2,1-2H3,(H,18,21)/t11-/m0/s1. The van der Waals surface area contributed by atoms with Crippen LogP contribution in [-0.4, -0.2) is 32.4 Å². The summed E-state index contributed by atoms with van der Waals surface area (Å²) < 4.78 is 27.7. The maximum Gasteiger partial charge on any atom is 0.251 e. The Hall–Kier alpha value is -1.81. The number of thiazole rings is 1. The quantitative estimate of drug-likeness (QED) is 0.600. The molecule has 2 aromatic rings. The Kier molecular flexibility index (Phi) is 6.65. The molecule has 0 spiro atoms. The first-order valence-corrected chi connectivity index (χ1v) is 10.2. The molecule has 0 radical (unpaired) electrons. The third-order valence-electron chi connectivity index (χ3n) is 3.49. The van der Waals surface area contributed by atoms with Crippen LogP contribution < -0.4 is 15.8 Å². The first-order valence-electron chi connectivity index (χ1n) is 7.86. The monoisotopic (exact) mass is 382 g/mol. The topological polar surface area (TPSA) is 114 Å². The molecular formula is C16H22N4O3S2. The lowest BCUT2D eigenvalue weighted by Crippen LogP contribution is -2.28. The minimum Gasteiger partial charge on any atom is -0.352 e. The molecule has 0 aliphatic carbocycles. The Morgan fingerprint density at radius 1 is 1.40 bits per heavy atom. The molecule has 1 heterocycles. The highest BCUT2D eigenvalue weighted by molar-refractivity contribution is 7.89. The van der Waals surface area contributed by atoms with E-state index in [1.54, 1.807) is 19.1 Å². The van der Waals surface area contributed by atoms with Crippen LogP contribution in [0.5, 0.6) is 0 Å². The van der Waals surface area contributed by atoms with Crippen LogP contribution in [0.15, 0.2) is 34.5 Å². The molecule has 1 amide bonds. The zero-order valence-electron chi connectivity index (χ0n) is 14.2. The second-order valence-corrected chi connectivity index (χ2v) is 8.34. The van der Waals surface area contributed by atoms with Crippen molar-refractivity contribution in [2.45, 2.75) is 31.2 Å². The Labute approximate surface area is 151 Å². The van der Waals surface area contributed by atoms with E-state index in [1.165, 1.54) is 23.5 Å². The van der Waals surface area contributed by atoms with Crippen LogP contribution in [-0.2, 0) is 10.0 Å². The van der Waals surface area contributed by atoms with Crippen molar-refractivity contribution < 1.29 is 13.2 Å². The Balaban J connectivity index is 2.13. The van der Waals surface area contributed by atoms with Gasteiger partial charge in [0.25, 0.3) is 5.91 Å². The fourth-order valence-electron chi connectivity index (χ4n) is 2.15. The van der Waals surface area contributed by atoms with Gasteiger partial charge in [-0.25, -0.2) is 18.1 Å². The summed E-state index contributed by atoms with van der Waals surface area (Å²) >= 11 is 1.46. The molecule has 136 valence electrons. The van der Waals surface area contributed by atoms with Gasteiger partial charge in [0.15, 0.2) is 0 Å². The minimum absolute atomic E-state index is 0.0396. The number of sulfonamides is 1. The van der Waals surface area contributed by atoms with Crippen molar-refractivity contribution in [3.8, 4) is 0 Å². The molecule has 0 aliphatic heterocycles. The molecule has 0 saturated heterocycles. The number of aromatic nitrogens is 1. The first kappa shape index (κ1) is 19.5. The van der Waals surface area contributed by atoms with Crippen molar-refractivity contribution in [1.29, 1.82) is 0 Å². The molecule has 0 bridgehead atoms. The molecule has 25 heavy (non-hydrogen) atoms. The number of rotatable bonds is 8. The SMILES string of the molecule is Cc1nc([C@H](C)NS(=O)(=O)c2cccc(C(=O)NCCCN)c2)cs1. The van der Waals surface area contributed by atoms with Gasteiger partial charge in [0, 0.05) is 17.5 Å². The van der Waals surface area contributed by atoms with Gasteiger partial charge in [0.2, 0.25) is 10.0 Å². The smallest absolute Gasteiger partial charge is 0.251 e. The molecule has 4 N–H and O–H groups in total. The summed E-state index contributed by atoms with van der Waals surface area (Å²) in [5, 5.41) is 5.40. The molecule has 1 aromatic carbocycles. The summed E-state index contributed by atoms with van der Waals surface area (Å²) in [6, 6.07) is 5.47. The summed E-state index contributed by atoms with van der Waals surface area (Å²) in [7, 11) is -3.76. The number of benzene rings is 1. The average molecular weight is 383 g/mol. The first-order chi connectivity index (χ1) is 11.8. The van der Waals surface area contributed by atoms with Gasteiger partial charge < -0.3 is 11.1 Å². The fraction of sp³-hybridized carbons (Fsp3) is 0.375. The van der Waals surface area contributed by atoms with E-state index < -0.39 is 16.1 Å². The Bertz CT molecular complexity index is 833. The number of amides is 1. The molecule has 9 heteroatoms. The lowest BCUT2D eigenvalue weighted by atomic mass is 10.2. The van der Waals surface area contributed by atoms with E-state index in [0.29, 0.717) is 25.2 Å². The number of carbonyl (C=O) groups excluding carboxylic acids is 1. The average Bonchev–Trinajstić information content (AvgIpc) is 3.01. The van der Waals surface area contributed by atoms with Gasteiger partial charge in [-0.05, 0) is 45.0 Å². The van der Waals surface area contributed by atoms with Crippen molar-refractivity contribution >= 4 is 27.3 Å². The highest BCUT2D eigenvalue weighted by Crippen LogP contribution is 2.19. The Morgan fingerprint density at radius 3 is 2.80 bits per heavy atom. The van der Waals surface area contributed by atoms with Crippen molar-refractivity contribution in [2.75, 3.05) is 13.1 Å². The second-order valence-electron chi connectivity index (χ2n) is 5.56. The van der Waals surface area contributed by atoms with Crippen LogP contribution in [0.3, 0.4) is 0 Å². The predicted octanol–water partition coefficient (Wildman–Crippen LogP) is 1.57. The zero-order chi connectivity index (χ0) is 18.4. The number of nitrogens with two attached hydrogens (primary N) is 1. The second kappa shape index (κ2) is 8.52.